The third kappa shape index (κ3) is 4.17. The number of anilines is 1. The standard InChI is InChI=1S/C19H24N2O2S/c1-12-7-6-8-17(13(12)2)21-19(24)20-14(3)16-11-15(22-4)9-10-18(16)23-5/h6-11,14H,1-5H3,(H2,20,21,24)/t14-/m0/s1. The summed E-state index contributed by atoms with van der Waals surface area (Å²) in [6.07, 6.45) is 0. The van der Waals surface area contributed by atoms with Gasteiger partial charge in [0.05, 0.1) is 20.3 Å². The lowest BCUT2D eigenvalue weighted by atomic mass is 10.1. The molecule has 0 aromatic heterocycles. The fourth-order valence-corrected chi connectivity index (χ4v) is 2.78. The second-order valence-electron chi connectivity index (χ2n) is 5.68. The number of rotatable bonds is 5. The second kappa shape index (κ2) is 8.02. The average Bonchev–Trinajstić information content (AvgIpc) is 2.58. The molecule has 2 aromatic carbocycles. The maximum atomic E-state index is 5.46. The van der Waals surface area contributed by atoms with Crippen molar-refractivity contribution in [3.63, 3.8) is 0 Å². The molecule has 2 rings (SSSR count). The van der Waals surface area contributed by atoms with E-state index in [2.05, 4.69) is 30.5 Å². The normalized spacial score (nSPS) is 11.5. The van der Waals surface area contributed by atoms with E-state index in [1.807, 2.05) is 37.3 Å². The first-order chi connectivity index (χ1) is 11.5. The van der Waals surface area contributed by atoms with Gasteiger partial charge in [0.2, 0.25) is 0 Å². The number of methoxy groups -OCH3 is 2. The average molecular weight is 344 g/mol. The number of ether oxygens (including phenoxy) is 2. The highest BCUT2D eigenvalue weighted by Gasteiger charge is 2.14. The molecular formula is C19H24N2O2S. The largest absolute Gasteiger partial charge is 0.497 e. The number of hydrogen-bond donors (Lipinski definition) is 2. The summed E-state index contributed by atoms with van der Waals surface area (Å²) in [5.41, 5.74) is 4.41. The summed E-state index contributed by atoms with van der Waals surface area (Å²) in [6.45, 7) is 6.20. The van der Waals surface area contributed by atoms with E-state index in [0.717, 1.165) is 22.7 Å². The third-order valence-electron chi connectivity index (χ3n) is 4.10. The highest BCUT2D eigenvalue weighted by molar-refractivity contribution is 7.80. The quantitative estimate of drug-likeness (QED) is 0.789. The van der Waals surface area contributed by atoms with E-state index >= 15 is 0 Å². The van der Waals surface area contributed by atoms with Gasteiger partial charge in [-0.1, -0.05) is 12.1 Å². The van der Waals surface area contributed by atoms with Crippen LogP contribution in [0.2, 0.25) is 0 Å². The van der Waals surface area contributed by atoms with Crippen LogP contribution in [0.3, 0.4) is 0 Å². The number of thiocarbonyl (C=S) groups is 1. The molecule has 0 fully saturated rings. The summed E-state index contributed by atoms with van der Waals surface area (Å²) in [5, 5.41) is 7.14. The Labute approximate surface area is 149 Å². The monoisotopic (exact) mass is 344 g/mol. The van der Waals surface area contributed by atoms with Crippen molar-refractivity contribution in [2.75, 3.05) is 19.5 Å². The molecule has 128 valence electrons. The molecule has 0 amide bonds. The first-order valence-electron chi connectivity index (χ1n) is 7.82. The van der Waals surface area contributed by atoms with Gasteiger partial charge in [-0.2, -0.15) is 0 Å². The van der Waals surface area contributed by atoms with Gasteiger partial charge in [0.25, 0.3) is 0 Å². The summed E-state index contributed by atoms with van der Waals surface area (Å²) in [5.74, 6) is 1.58. The predicted octanol–water partition coefficient (Wildman–Crippen LogP) is 4.37. The molecule has 0 saturated carbocycles. The van der Waals surface area contributed by atoms with Gasteiger partial charge in [-0.15, -0.1) is 0 Å². The van der Waals surface area contributed by atoms with E-state index in [9.17, 15) is 0 Å². The molecule has 4 nitrogen and oxygen atoms in total. The van der Waals surface area contributed by atoms with Crippen LogP contribution in [0.4, 0.5) is 5.69 Å². The Kier molecular flexibility index (Phi) is 6.04. The zero-order chi connectivity index (χ0) is 17.7. The van der Waals surface area contributed by atoms with Gasteiger partial charge < -0.3 is 20.1 Å². The zero-order valence-corrected chi connectivity index (χ0v) is 15.6. The van der Waals surface area contributed by atoms with Crippen molar-refractivity contribution in [2.24, 2.45) is 0 Å². The molecular weight excluding hydrogens is 320 g/mol. The maximum Gasteiger partial charge on any atom is 0.171 e. The third-order valence-corrected chi connectivity index (χ3v) is 4.32. The molecule has 2 N–H and O–H groups in total. The fraction of sp³-hybridized carbons (Fsp3) is 0.316. The second-order valence-corrected chi connectivity index (χ2v) is 6.08. The molecule has 0 unspecified atom stereocenters. The highest BCUT2D eigenvalue weighted by atomic mass is 32.1. The lowest BCUT2D eigenvalue weighted by molar-refractivity contribution is 0.395. The molecule has 0 aliphatic rings. The molecule has 24 heavy (non-hydrogen) atoms. The zero-order valence-electron chi connectivity index (χ0n) is 14.8. The molecule has 0 bridgehead atoms. The Morgan fingerprint density at radius 1 is 1.08 bits per heavy atom. The molecule has 1 atom stereocenters. The first kappa shape index (κ1) is 18.1. The van der Waals surface area contributed by atoms with Crippen LogP contribution in [0.1, 0.15) is 29.7 Å². The van der Waals surface area contributed by atoms with Crippen LogP contribution in [-0.4, -0.2) is 19.3 Å². The van der Waals surface area contributed by atoms with Crippen LogP contribution in [0.15, 0.2) is 36.4 Å². The van der Waals surface area contributed by atoms with Crippen molar-refractivity contribution in [2.45, 2.75) is 26.8 Å². The van der Waals surface area contributed by atoms with Crippen LogP contribution in [-0.2, 0) is 0 Å². The molecule has 5 heteroatoms. The van der Waals surface area contributed by atoms with Crippen molar-refractivity contribution in [1.82, 2.24) is 5.32 Å². The van der Waals surface area contributed by atoms with Crippen LogP contribution >= 0.6 is 12.2 Å². The summed E-state index contributed by atoms with van der Waals surface area (Å²) < 4.78 is 10.7. The molecule has 2 aromatic rings. The highest BCUT2D eigenvalue weighted by Crippen LogP contribution is 2.29. The van der Waals surface area contributed by atoms with E-state index in [1.165, 1.54) is 11.1 Å². The summed E-state index contributed by atoms with van der Waals surface area (Å²) in [4.78, 5) is 0. The SMILES string of the molecule is COc1ccc(OC)c([C@H](C)NC(=S)Nc2cccc(C)c2C)c1. The maximum absolute atomic E-state index is 5.46. The van der Waals surface area contributed by atoms with Gasteiger partial charge in [0.1, 0.15) is 11.5 Å². The van der Waals surface area contributed by atoms with Gasteiger partial charge >= 0.3 is 0 Å². The van der Waals surface area contributed by atoms with E-state index in [-0.39, 0.29) is 6.04 Å². The molecule has 0 radical (unpaired) electrons. The summed E-state index contributed by atoms with van der Waals surface area (Å²) >= 11 is 5.46. The molecule has 0 heterocycles. The lowest BCUT2D eigenvalue weighted by Gasteiger charge is -2.21. The molecule has 0 spiro atoms. The van der Waals surface area contributed by atoms with Crippen LogP contribution < -0.4 is 20.1 Å². The first-order valence-corrected chi connectivity index (χ1v) is 8.22. The summed E-state index contributed by atoms with van der Waals surface area (Å²) in [6, 6.07) is 11.8. The Bertz CT molecular complexity index is 731. The number of hydrogen-bond acceptors (Lipinski definition) is 3. The Morgan fingerprint density at radius 2 is 1.83 bits per heavy atom. The fourth-order valence-electron chi connectivity index (χ4n) is 2.50. The van der Waals surface area contributed by atoms with Crippen LogP contribution in [0.25, 0.3) is 0 Å². The minimum Gasteiger partial charge on any atom is -0.497 e. The molecule has 0 aliphatic carbocycles. The Balaban J connectivity index is 2.13. The van der Waals surface area contributed by atoms with Crippen molar-refractivity contribution in [3.8, 4) is 11.5 Å². The predicted molar refractivity (Wildman–Crippen MR) is 103 cm³/mol. The van der Waals surface area contributed by atoms with Crippen molar-refractivity contribution < 1.29 is 9.47 Å². The molecule has 0 aliphatic heterocycles. The van der Waals surface area contributed by atoms with Gasteiger partial charge in [0, 0.05) is 11.3 Å². The van der Waals surface area contributed by atoms with Gasteiger partial charge in [-0.25, -0.2) is 0 Å². The number of aryl methyl sites for hydroxylation is 1. The van der Waals surface area contributed by atoms with E-state index < -0.39 is 0 Å². The van der Waals surface area contributed by atoms with Gasteiger partial charge in [-0.05, 0) is 68.4 Å². The Morgan fingerprint density at radius 3 is 2.50 bits per heavy atom. The number of nitrogens with one attached hydrogen (secondary N) is 2. The smallest absolute Gasteiger partial charge is 0.171 e. The van der Waals surface area contributed by atoms with Crippen LogP contribution in [0.5, 0.6) is 11.5 Å². The van der Waals surface area contributed by atoms with E-state index in [0.29, 0.717) is 5.11 Å². The molecule has 0 saturated heterocycles. The van der Waals surface area contributed by atoms with Crippen molar-refractivity contribution >= 4 is 23.0 Å². The lowest BCUT2D eigenvalue weighted by Crippen LogP contribution is -2.31. The van der Waals surface area contributed by atoms with Crippen molar-refractivity contribution in [3.05, 3.63) is 53.1 Å². The van der Waals surface area contributed by atoms with Crippen molar-refractivity contribution in [1.29, 1.82) is 0 Å². The minimum atomic E-state index is -0.0276. The van der Waals surface area contributed by atoms with Crippen LogP contribution in [0, 0.1) is 13.8 Å². The Hall–Kier alpha value is -2.27. The topological polar surface area (TPSA) is 42.5 Å². The number of benzene rings is 2. The van der Waals surface area contributed by atoms with E-state index in [1.54, 1.807) is 14.2 Å². The summed E-state index contributed by atoms with van der Waals surface area (Å²) in [7, 11) is 3.31. The minimum absolute atomic E-state index is 0.0276. The van der Waals surface area contributed by atoms with Gasteiger partial charge in [0.15, 0.2) is 5.11 Å². The van der Waals surface area contributed by atoms with E-state index in [4.69, 9.17) is 21.7 Å². The van der Waals surface area contributed by atoms with Gasteiger partial charge in [-0.3, -0.25) is 0 Å².